The Balaban J connectivity index is 2.10. The number of carbonyl (C=O) groups is 2. The van der Waals surface area contributed by atoms with Crippen molar-refractivity contribution in [3.8, 4) is 0 Å². The predicted molar refractivity (Wildman–Crippen MR) is 74.4 cm³/mol. The number of aryl methyl sites for hydroxylation is 1. The number of nitrogens with one attached hydrogen (secondary N) is 1. The highest BCUT2D eigenvalue weighted by Crippen LogP contribution is 2.25. The summed E-state index contributed by atoms with van der Waals surface area (Å²) in [5, 5.41) is 6.85. The summed E-state index contributed by atoms with van der Waals surface area (Å²) < 4.78 is 6.46. The van der Waals surface area contributed by atoms with Gasteiger partial charge in [-0.1, -0.05) is 19.3 Å². The fourth-order valence-electron chi connectivity index (χ4n) is 2.53. The molecule has 6 nitrogen and oxygen atoms in total. The van der Waals surface area contributed by atoms with Gasteiger partial charge in [0.15, 0.2) is 0 Å². The van der Waals surface area contributed by atoms with Crippen molar-refractivity contribution >= 4 is 17.7 Å². The molecule has 0 aromatic carbocycles. The molecule has 0 bridgehead atoms. The Bertz CT molecular complexity index is 490. The van der Waals surface area contributed by atoms with Crippen LogP contribution in [0.4, 0.5) is 5.82 Å². The lowest BCUT2D eigenvalue weighted by Crippen LogP contribution is -2.26. The van der Waals surface area contributed by atoms with Crippen molar-refractivity contribution < 1.29 is 14.3 Å². The summed E-state index contributed by atoms with van der Waals surface area (Å²) in [5.74, 6) is -0.0360. The van der Waals surface area contributed by atoms with Crippen molar-refractivity contribution in [2.75, 3.05) is 11.9 Å². The van der Waals surface area contributed by atoms with E-state index in [1.165, 1.54) is 17.3 Å². The lowest BCUT2D eigenvalue weighted by molar-refractivity contribution is -0.120. The molecule has 1 aromatic heterocycles. The molecule has 110 valence electrons. The maximum atomic E-state index is 12.2. The van der Waals surface area contributed by atoms with Crippen molar-refractivity contribution in [2.45, 2.75) is 39.0 Å². The second-order valence-corrected chi connectivity index (χ2v) is 5.08. The van der Waals surface area contributed by atoms with Gasteiger partial charge in [0.1, 0.15) is 11.4 Å². The molecule has 0 saturated heterocycles. The van der Waals surface area contributed by atoms with Crippen LogP contribution in [0.2, 0.25) is 0 Å². The number of esters is 1. The molecule has 0 spiro atoms. The van der Waals surface area contributed by atoms with Crippen LogP contribution in [0.5, 0.6) is 0 Å². The van der Waals surface area contributed by atoms with Gasteiger partial charge in [-0.05, 0) is 19.8 Å². The summed E-state index contributed by atoms with van der Waals surface area (Å²) in [6, 6.07) is 0. The van der Waals surface area contributed by atoms with Crippen LogP contribution in [0, 0.1) is 5.92 Å². The summed E-state index contributed by atoms with van der Waals surface area (Å²) in [6.07, 6.45) is 6.64. The Morgan fingerprint density at radius 1 is 1.40 bits per heavy atom. The van der Waals surface area contributed by atoms with E-state index in [9.17, 15) is 9.59 Å². The largest absolute Gasteiger partial charge is 0.462 e. The third kappa shape index (κ3) is 3.18. The van der Waals surface area contributed by atoms with Crippen molar-refractivity contribution in [1.82, 2.24) is 9.78 Å². The number of hydrogen-bond donors (Lipinski definition) is 1. The molecular formula is C14H21N3O3. The third-order valence-electron chi connectivity index (χ3n) is 3.65. The van der Waals surface area contributed by atoms with E-state index in [1.807, 2.05) is 0 Å². The van der Waals surface area contributed by atoms with Crippen LogP contribution in [0.3, 0.4) is 0 Å². The van der Waals surface area contributed by atoms with Gasteiger partial charge in [-0.15, -0.1) is 0 Å². The molecule has 0 unspecified atom stereocenters. The predicted octanol–water partition coefficient (Wildman–Crippen LogP) is 2.12. The van der Waals surface area contributed by atoms with Gasteiger partial charge in [-0.2, -0.15) is 5.10 Å². The monoisotopic (exact) mass is 279 g/mol. The molecule has 0 atom stereocenters. The zero-order valence-corrected chi connectivity index (χ0v) is 12.0. The summed E-state index contributed by atoms with van der Waals surface area (Å²) in [6.45, 7) is 2.04. The van der Waals surface area contributed by atoms with Gasteiger partial charge in [0, 0.05) is 13.0 Å². The minimum atomic E-state index is -0.459. The minimum Gasteiger partial charge on any atom is -0.462 e. The maximum absolute atomic E-state index is 12.2. The average molecular weight is 279 g/mol. The zero-order chi connectivity index (χ0) is 14.5. The Labute approximate surface area is 118 Å². The molecule has 1 aromatic rings. The quantitative estimate of drug-likeness (QED) is 0.857. The van der Waals surface area contributed by atoms with E-state index in [-0.39, 0.29) is 11.8 Å². The van der Waals surface area contributed by atoms with Crippen LogP contribution in [0.1, 0.15) is 49.4 Å². The molecule has 1 heterocycles. The van der Waals surface area contributed by atoms with E-state index in [0.29, 0.717) is 18.0 Å². The fraction of sp³-hybridized carbons (Fsp3) is 0.643. The second-order valence-electron chi connectivity index (χ2n) is 5.08. The first-order chi connectivity index (χ1) is 9.63. The van der Waals surface area contributed by atoms with Crippen molar-refractivity contribution in [3.63, 3.8) is 0 Å². The highest BCUT2D eigenvalue weighted by Gasteiger charge is 2.24. The topological polar surface area (TPSA) is 73.2 Å². The number of nitrogens with zero attached hydrogens (tertiary/aromatic N) is 2. The minimum absolute atomic E-state index is 0.0288. The van der Waals surface area contributed by atoms with Gasteiger partial charge in [0.2, 0.25) is 5.91 Å². The van der Waals surface area contributed by atoms with E-state index in [2.05, 4.69) is 10.4 Å². The molecule has 1 fully saturated rings. The van der Waals surface area contributed by atoms with E-state index in [4.69, 9.17) is 4.74 Å². The van der Waals surface area contributed by atoms with Crippen LogP contribution in [-0.4, -0.2) is 28.3 Å². The summed E-state index contributed by atoms with van der Waals surface area (Å²) in [7, 11) is 1.69. The van der Waals surface area contributed by atoms with Crippen molar-refractivity contribution in [1.29, 1.82) is 0 Å². The van der Waals surface area contributed by atoms with Crippen LogP contribution in [0.15, 0.2) is 6.20 Å². The van der Waals surface area contributed by atoms with Crippen LogP contribution in [0.25, 0.3) is 0 Å². The lowest BCUT2D eigenvalue weighted by Gasteiger charge is -2.21. The van der Waals surface area contributed by atoms with Crippen molar-refractivity contribution in [2.24, 2.45) is 13.0 Å². The first-order valence-corrected chi connectivity index (χ1v) is 7.13. The summed E-state index contributed by atoms with van der Waals surface area (Å²) in [5.41, 5.74) is 0.304. The molecule has 0 aliphatic heterocycles. The highest BCUT2D eigenvalue weighted by atomic mass is 16.5. The van der Waals surface area contributed by atoms with E-state index in [0.717, 1.165) is 25.7 Å². The SMILES string of the molecule is CCOC(=O)c1cnn(C)c1NC(=O)C1CCCCC1. The number of anilines is 1. The van der Waals surface area contributed by atoms with E-state index in [1.54, 1.807) is 14.0 Å². The summed E-state index contributed by atoms with van der Waals surface area (Å²) in [4.78, 5) is 24.1. The van der Waals surface area contributed by atoms with Gasteiger partial charge >= 0.3 is 5.97 Å². The molecular weight excluding hydrogens is 258 g/mol. The average Bonchev–Trinajstić information content (AvgIpc) is 2.81. The fourth-order valence-corrected chi connectivity index (χ4v) is 2.53. The maximum Gasteiger partial charge on any atom is 0.343 e. The number of aromatic nitrogens is 2. The number of amides is 1. The third-order valence-corrected chi connectivity index (χ3v) is 3.65. The number of ether oxygens (including phenoxy) is 1. The Hall–Kier alpha value is -1.85. The van der Waals surface area contributed by atoms with Crippen LogP contribution >= 0.6 is 0 Å². The molecule has 2 rings (SSSR count). The lowest BCUT2D eigenvalue weighted by atomic mass is 9.88. The first-order valence-electron chi connectivity index (χ1n) is 7.13. The molecule has 1 saturated carbocycles. The molecule has 0 radical (unpaired) electrons. The Morgan fingerprint density at radius 2 is 2.10 bits per heavy atom. The summed E-state index contributed by atoms with van der Waals surface area (Å²) >= 11 is 0. The standard InChI is InChI=1S/C14H21N3O3/c1-3-20-14(19)11-9-15-17(2)12(11)16-13(18)10-7-5-4-6-8-10/h9-10H,3-8H2,1-2H3,(H,16,18). The molecule has 6 heteroatoms. The molecule has 1 amide bonds. The van der Waals surface area contributed by atoms with Gasteiger partial charge in [-0.25, -0.2) is 4.79 Å². The highest BCUT2D eigenvalue weighted by molar-refractivity contribution is 6.00. The second kappa shape index (κ2) is 6.54. The number of carbonyl (C=O) groups excluding carboxylic acids is 2. The van der Waals surface area contributed by atoms with Gasteiger partial charge in [0.25, 0.3) is 0 Å². The Morgan fingerprint density at radius 3 is 2.75 bits per heavy atom. The van der Waals surface area contributed by atoms with Gasteiger partial charge in [0.05, 0.1) is 12.8 Å². The molecule has 1 aliphatic rings. The van der Waals surface area contributed by atoms with E-state index >= 15 is 0 Å². The first kappa shape index (κ1) is 14.6. The van der Waals surface area contributed by atoms with E-state index < -0.39 is 5.97 Å². The van der Waals surface area contributed by atoms with Crippen LogP contribution < -0.4 is 5.32 Å². The number of rotatable bonds is 4. The Kier molecular flexibility index (Phi) is 4.76. The normalized spacial score (nSPS) is 15.9. The molecule has 20 heavy (non-hydrogen) atoms. The van der Waals surface area contributed by atoms with Crippen molar-refractivity contribution in [3.05, 3.63) is 11.8 Å². The molecule has 1 N–H and O–H groups in total. The zero-order valence-electron chi connectivity index (χ0n) is 12.0. The van der Waals surface area contributed by atoms with Gasteiger partial charge in [-0.3, -0.25) is 9.48 Å². The number of hydrogen-bond acceptors (Lipinski definition) is 4. The smallest absolute Gasteiger partial charge is 0.343 e. The molecule has 1 aliphatic carbocycles. The van der Waals surface area contributed by atoms with Gasteiger partial charge < -0.3 is 10.1 Å². The van der Waals surface area contributed by atoms with Crippen LogP contribution in [-0.2, 0) is 16.6 Å².